The normalized spacial score (nSPS) is 20.8. The Balaban J connectivity index is 0.00000154. The van der Waals surface area contributed by atoms with Gasteiger partial charge in [0.1, 0.15) is 0 Å². The van der Waals surface area contributed by atoms with Crippen molar-refractivity contribution in [3.05, 3.63) is 101 Å². The predicted octanol–water partition coefficient (Wildman–Crippen LogP) is 1.75. The van der Waals surface area contributed by atoms with Gasteiger partial charge in [-0.3, -0.25) is 0 Å². The van der Waals surface area contributed by atoms with Crippen molar-refractivity contribution in [2.75, 3.05) is 0 Å². The minimum absolute atomic E-state index is 0. The molecule has 3 unspecified atom stereocenters. The molecule has 6 heteroatoms. The van der Waals surface area contributed by atoms with Crippen molar-refractivity contribution in [3.8, 4) is 28.0 Å². The molecule has 0 radical (unpaired) electrons. The minimum Gasteiger partial charge on any atom is -1.00 e. The first-order valence-corrected chi connectivity index (χ1v) is 22.7. The molecule has 7 rings (SSSR count). The molecule has 198 valence electrons. The molecule has 1 aliphatic heterocycles. The van der Waals surface area contributed by atoms with Gasteiger partial charge in [-0.1, -0.05) is 0 Å². The van der Waals surface area contributed by atoms with Crippen LogP contribution in [0, 0.1) is 0 Å². The van der Waals surface area contributed by atoms with Gasteiger partial charge in [-0.2, -0.15) is 0 Å². The van der Waals surface area contributed by atoms with E-state index < -0.39 is 39.6 Å². The Morgan fingerprint density at radius 1 is 0.718 bits per heavy atom. The Bertz CT molecular complexity index is 1580. The SMILES string of the molecule is CCC[Si]1(C)c2cccc3c2[CH]([Zr+2][CH]2c4ccccc4-c4ccc(O[Si](C)(C)C)c1c42)c1ccccc1-3.[Cl-].[Cl-]. The van der Waals surface area contributed by atoms with Crippen LogP contribution in [0.5, 0.6) is 5.75 Å². The van der Waals surface area contributed by atoms with Gasteiger partial charge in [0, 0.05) is 0 Å². The zero-order valence-corrected chi connectivity index (χ0v) is 29.2. The molecular formula is C33H34Cl2OSi2Zr. The molecule has 0 bridgehead atoms. The van der Waals surface area contributed by atoms with E-state index in [1.165, 1.54) is 40.5 Å². The van der Waals surface area contributed by atoms with Gasteiger partial charge in [0.25, 0.3) is 0 Å². The molecule has 3 atom stereocenters. The molecule has 0 saturated carbocycles. The summed E-state index contributed by atoms with van der Waals surface area (Å²) < 4.78 is 8.21. The van der Waals surface area contributed by atoms with Crippen molar-refractivity contribution in [3.63, 3.8) is 0 Å². The molecule has 0 aromatic heterocycles. The largest absolute Gasteiger partial charge is 1.00 e. The van der Waals surface area contributed by atoms with Gasteiger partial charge in [-0.25, -0.2) is 0 Å². The third-order valence-corrected chi connectivity index (χ3v) is 18.8. The summed E-state index contributed by atoms with van der Waals surface area (Å²) in [6.45, 7) is 12.1. The van der Waals surface area contributed by atoms with Crippen molar-refractivity contribution >= 4 is 26.8 Å². The van der Waals surface area contributed by atoms with Crippen LogP contribution in [0.1, 0.15) is 42.8 Å². The van der Waals surface area contributed by atoms with E-state index in [2.05, 4.69) is 112 Å². The summed E-state index contributed by atoms with van der Waals surface area (Å²) in [6.07, 6.45) is 1.21. The van der Waals surface area contributed by atoms with Crippen LogP contribution in [-0.4, -0.2) is 16.4 Å². The molecule has 0 fully saturated rings. The fourth-order valence-electron chi connectivity index (χ4n) is 7.42. The summed E-state index contributed by atoms with van der Waals surface area (Å²) in [6, 6.07) is 32.0. The summed E-state index contributed by atoms with van der Waals surface area (Å²) in [5.41, 5.74) is 12.6. The summed E-state index contributed by atoms with van der Waals surface area (Å²) in [5.74, 6) is 1.21. The van der Waals surface area contributed by atoms with Gasteiger partial charge in [0.15, 0.2) is 0 Å². The molecule has 4 aromatic carbocycles. The Hall–Kier alpha value is -1.42. The van der Waals surface area contributed by atoms with Crippen molar-refractivity contribution in [1.82, 2.24) is 0 Å². The first-order valence-electron chi connectivity index (χ1n) is 13.8. The molecule has 3 aliphatic rings. The van der Waals surface area contributed by atoms with Crippen LogP contribution in [0.4, 0.5) is 0 Å². The minimum atomic E-state index is -2.13. The van der Waals surface area contributed by atoms with Gasteiger partial charge in [0.05, 0.1) is 0 Å². The Labute approximate surface area is 259 Å². The maximum atomic E-state index is 7.01. The monoisotopic (exact) mass is 662 g/mol. The van der Waals surface area contributed by atoms with E-state index >= 15 is 0 Å². The molecule has 0 saturated heterocycles. The van der Waals surface area contributed by atoms with Crippen molar-refractivity contribution in [2.24, 2.45) is 0 Å². The summed E-state index contributed by atoms with van der Waals surface area (Å²) >= 11 is -0.979. The van der Waals surface area contributed by atoms with E-state index in [9.17, 15) is 0 Å². The Morgan fingerprint density at radius 2 is 1.28 bits per heavy atom. The molecular weight excluding hydrogens is 631 g/mol. The maximum Gasteiger partial charge on any atom is -1.00 e. The summed E-state index contributed by atoms with van der Waals surface area (Å²) in [4.78, 5) is 0. The fraction of sp³-hybridized carbons (Fsp3) is 0.273. The van der Waals surface area contributed by atoms with Crippen LogP contribution >= 0.6 is 0 Å². The van der Waals surface area contributed by atoms with Crippen molar-refractivity contribution < 1.29 is 52.5 Å². The Kier molecular flexibility index (Phi) is 7.79. The van der Waals surface area contributed by atoms with E-state index in [1.807, 2.05) is 0 Å². The smallest absolute Gasteiger partial charge is 1.00 e. The second-order valence-corrected chi connectivity index (χ2v) is 24.5. The molecule has 1 nitrogen and oxygen atoms in total. The third kappa shape index (κ3) is 4.32. The van der Waals surface area contributed by atoms with Gasteiger partial charge < -0.3 is 24.8 Å². The molecule has 0 spiro atoms. The number of benzene rings is 4. The average molecular weight is 665 g/mol. The van der Waals surface area contributed by atoms with Crippen molar-refractivity contribution in [2.45, 2.75) is 52.8 Å². The second-order valence-electron chi connectivity index (χ2n) is 12.2. The van der Waals surface area contributed by atoms with Gasteiger partial charge in [-0.15, -0.1) is 0 Å². The number of fused-ring (bicyclic) bond motifs is 6. The third-order valence-electron chi connectivity index (χ3n) is 8.66. The molecule has 1 heterocycles. The number of halogens is 2. The standard InChI is InChI=1S/C33H34OSi2.2ClH.Zr/c1-6-20-36(5,32-17-11-16-27-25-14-9-7-12-23(25)21-29(27)32)33-30-22-24-13-8-10-15-26(24)28(30)18-19-31(33)34-35(2,3)4;;;/h7-19,21-22H,6,20H2,1-5H3;2*1H;/q;;;+2/p-2. The quantitative estimate of drug-likeness (QED) is 0.303. The topological polar surface area (TPSA) is 9.23 Å². The molecule has 2 aliphatic carbocycles. The van der Waals surface area contributed by atoms with Crippen LogP contribution in [-0.2, 0) is 23.2 Å². The van der Waals surface area contributed by atoms with Crippen LogP contribution in [0.15, 0.2) is 78.9 Å². The van der Waals surface area contributed by atoms with E-state index in [4.69, 9.17) is 4.43 Å². The molecule has 0 amide bonds. The maximum absolute atomic E-state index is 7.01. The van der Waals surface area contributed by atoms with Crippen LogP contribution in [0.25, 0.3) is 22.3 Å². The number of hydrogen-bond acceptors (Lipinski definition) is 1. The van der Waals surface area contributed by atoms with Crippen LogP contribution < -0.4 is 39.6 Å². The average Bonchev–Trinajstić information content (AvgIpc) is 3.36. The van der Waals surface area contributed by atoms with Gasteiger partial charge in [0.2, 0.25) is 0 Å². The van der Waals surface area contributed by atoms with Gasteiger partial charge in [-0.05, 0) is 0 Å². The first-order chi connectivity index (χ1) is 17.8. The summed E-state index contributed by atoms with van der Waals surface area (Å²) in [5, 5.41) is 3.33. The molecule has 39 heavy (non-hydrogen) atoms. The zero-order valence-electron chi connectivity index (χ0n) is 23.2. The van der Waals surface area contributed by atoms with Crippen LogP contribution in [0.2, 0.25) is 32.2 Å². The Morgan fingerprint density at radius 3 is 1.90 bits per heavy atom. The van der Waals surface area contributed by atoms with E-state index in [-0.39, 0.29) is 24.8 Å². The number of hydrogen-bond donors (Lipinski definition) is 0. The van der Waals surface area contributed by atoms with E-state index in [0.717, 1.165) is 0 Å². The van der Waals surface area contributed by atoms with Crippen LogP contribution in [0.3, 0.4) is 0 Å². The molecule has 4 aromatic rings. The van der Waals surface area contributed by atoms with E-state index in [1.54, 1.807) is 32.6 Å². The zero-order chi connectivity index (χ0) is 25.5. The number of rotatable bonds is 4. The second kappa shape index (κ2) is 10.4. The predicted molar refractivity (Wildman–Crippen MR) is 157 cm³/mol. The van der Waals surface area contributed by atoms with Crippen molar-refractivity contribution in [1.29, 1.82) is 0 Å². The molecule has 0 N–H and O–H groups in total. The van der Waals surface area contributed by atoms with E-state index in [0.29, 0.717) is 7.25 Å². The van der Waals surface area contributed by atoms with Gasteiger partial charge >= 0.3 is 236 Å². The summed E-state index contributed by atoms with van der Waals surface area (Å²) in [7, 11) is -3.92. The fourth-order valence-corrected chi connectivity index (χ4v) is 19.0. The first kappa shape index (κ1) is 29.1.